The standard InChI is InChI=1S/C28H40N8O2/c1-5-38-26(37)25-22-24(33-36(25)12-6-11-29)23-19(17-28(22,2)3)18-30-27(32-23)31-20-7-9-21(10-8-20)35-15-13-34(4)14-16-35/h7-10,18,25,33H,5-6,11-17,29H2,1-4H3,(H,30,31,32). The van der Waals surface area contributed by atoms with Crippen LogP contribution in [0.3, 0.4) is 0 Å². The Hall–Kier alpha value is -3.21. The fourth-order valence-electron chi connectivity index (χ4n) is 5.70. The van der Waals surface area contributed by atoms with E-state index in [1.807, 2.05) is 18.1 Å². The van der Waals surface area contributed by atoms with Crippen LogP contribution in [0, 0.1) is 5.41 Å². The molecule has 4 N–H and O–H groups in total. The number of hydrogen-bond donors (Lipinski definition) is 3. The summed E-state index contributed by atoms with van der Waals surface area (Å²) in [5, 5.41) is 5.33. The van der Waals surface area contributed by atoms with Gasteiger partial charge in [0.25, 0.3) is 0 Å². The minimum atomic E-state index is -0.506. The molecule has 1 aromatic heterocycles. The van der Waals surface area contributed by atoms with E-state index in [-0.39, 0.29) is 11.4 Å². The van der Waals surface area contributed by atoms with Gasteiger partial charge in [0.05, 0.1) is 18.0 Å². The summed E-state index contributed by atoms with van der Waals surface area (Å²) in [4.78, 5) is 27.4. The van der Waals surface area contributed by atoms with Gasteiger partial charge in [-0.15, -0.1) is 0 Å². The Balaban J connectivity index is 1.41. The zero-order chi connectivity index (χ0) is 26.9. The van der Waals surface area contributed by atoms with Crippen molar-refractivity contribution >= 4 is 29.0 Å². The largest absolute Gasteiger partial charge is 0.465 e. The fourth-order valence-corrected chi connectivity index (χ4v) is 5.70. The highest BCUT2D eigenvalue weighted by atomic mass is 16.5. The molecule has 1 fully saturated rings. The fraction of sp³-hybridized carbons (Fsp3) is 0.536. The molecule has 3 heterocycles. The first-order valence-electron chi connectivity index (χ1n) is 13.6. The molecule has 1 aliphatic carbocycles. The number of hydrazine groups is 1. The molecule has 1 atom stereocenters. The van der Waals surface area contributed by atoms with E-state index >= 15 is 0 Å². The maximum atomic E-state index is 13.1. The topological polar surface area (TPSA) is 112 Å². The lowest BCUT2D eigenvalue weighted by atomic mass is 9.71. The number of nitrogens with one attached hydrogen (secondary N) is 2. The number of likely N-dealkylation sites (N-methyl/N-ethyl adjacent to an activating group) is 1. The maximum Gasteiger partial charge on any atom is 0.329 e. The molecule has 0 spiro atoms. The van der Waals surface area contributed by atoms with Crippen molar-refractivity contribution in [2.24, 2.45) is 11.1 Å². The number of benzene rings is 1. The Morgan fingerprint density at radius 2 is 1.95 bits per heavy atom. The number of rotatable bonds is 8. The van der Waals surface area contributed by atoms with E-state index in [9.17, 15) is 4.79 Å². The number of aromatic nitrogens is 2. The number of anilines is 3. The van der Waals surface area contributed by atoms with Gasteiger partial charge < -0.3 is 31.0 Å². The third kappa shape index (κ3) is 5.21. The highest BCUT2D eigenvalue weighted by Crippen LogP contribution is 2.47. The predicted octanol–water partition coefficient (Wildman–Crippen LogP) is 2.37. The number of piperazine rings is 1. The number of nitrogens with two attached hydrogens (primary N) is 1. The summed E-state index contributed by atoms with van der Waals surface area (Å²) >= 11 is 0. The molecule has 3 aliphatic rings. The Labute approximate surface area is 225 Å². The number of esters is 1. The minimum absolute atomic E-state index is 0.244. The number of fused-ring (bicyclic) bond motifs is 2. The monoisotopic (exact) mass is 520 g/mol. The number of nitrogens with zero attached hydrogens (tertiary/aromatic N) is 5. The third-order valence-electron chi connectivity index (χ3n) is 7.68. The molecule has 2 aromatic rings. The van der Waals surface area contributed by atoms with Crippen LogP contribution in [0.15, 0.2) is 36.0 Å². The first kappa shape index (κ1) is 26.4. The van der Waals surface area contributed by atoms with E-state index in [1.165, 1.54) is 5.69 Å². The van der Waals surface area contributed by atoms with Crippen LogP contribution in [0.25, 0.3) is 5.70 Å². The maximum absolute atomic E-state index is 13.1. The van der Waals surface area contributed by atoms with E-state index in [2.05, 4.69) is 70.7 Å². The Morgan fingerprint density at radius 3 is 2.63 bits per heavy atom. The van der Waals surface area contributed by atoms with E-state index in [1.54, 1.807) is 0 Å². The molecule has 1 unspecified atom stereocenters. The molecule has 1 aromatic carbocycles. The van der Waals surface area contributed by atoms with Gasteiger partial charge in [0.15, 0.2) is 6.04 Å². The molecule has 0 amide bonds. The molecule has 38 heavy (non-hydrogen) atoms. The van der Waals surface area contributed by atoms with Crippen molar-refractivity contribution in [1.29, 1.82) is 0 Å². The van der Waals surface area contributed by atoms with Gasteiger partial charge in [-0.1, -0.05) is 13.8 Å². The van der Waals surface area contributed by atoms with Crippen molar-refractivity contribution in [3.63, 3.8) is 0 Å². The molecule has 0 radical (unpaired) electrons. The highest BCUT2D eigenvalue weighted by molar-refractivity contribution is 5.88. The summed E-state index contributed by atoms with van der Waals surface area (Å²) in [6, 6.07) is 7.93. The van der Waals surface area contributed by atoms with Crippen LogP contribution in [-0.4, -0.2) is 84.8 Å². The van der Waals surface area contributed by atoms with Crippen LogP contribution in [0.2, 0.25) is 0 Å². The zero-order valence-electron chi connectivity index (χ0n) is 23.0. The predicted molar refractivity (Wildman–Crippen MR) is 150 cm³/mol. The van der Waals surface area contributed by atoms with Crippen molar-refractivity contribution in [2.75, 3.05) is 63.1 Å². The summed E-state index contributed by atoms with van der Waals surface area (Å²) in [5.74, 6) is 0.281. The van der Waals surface area contributed by atoms with Crippen LogP contribution in [0.4, 0.5) is 17.3 Å². The summed E-state index contributed by atoms with van der Waals surface area (Å²) in [6.07, 6.45) is 3.40. The first-order chi connectivity index (χ1) is 18.3. The normalized spacial score (nSPS) is 21.1. The van der Waals surface area contributed by atoms with Gasteiger partial charge in [-0.25, -0.2) is 19.8 Å². The Bertz CT molecular complexity index is 1190. The second kappa shape index (κ2) is 10.9. The summed E-state index contributed by atoms with van der Waals surface area (Å²) in [7, 11) is 2.17. The Morgan fingerprint density at radius 1 is 1.21 bits per heavy atom. The van der Waals surface area contributed by atoms with Crippen LogP contribution in [-0.2, 0) is 16.0 Å². The number of carbonyl (C=O) groups is 1. The summed E-state index contributed by atoms with van der Waals surface area (Å²) in [5.41, 5.74) is 15.0. The molecule has 1 saturated heterocycles. The van der Waals surface area contributed by atoms with Crippen molar-refractivity contribution in [3.05, 3.63) is 47.3 Å². The second-order valence-electron chi connectivity index (χ2n) is 11.0. The third-order valence-corrected chi connectivity index (χ3v) is 7.68. The van der Waals surface area contributed by atoms with Crippen LogP contribution < -0.4 is 21.4 Å². The van der Waals surface area contributed by atoms with Gasteiger partial charge in [0.2, 0.25) is 5.95 Å². The molecule has 10 heteroatoms. The second-order valence-corrected chi connectivity index (χ2v) is 11.0. The first-order valence-corrected chi connectivity index (χ1v) is 13.6. The molecular formula is C28H40N8O2. The van der Waals surface area contributed by atoms with Crippen LogP contribution >= 0.6 is 0 Å². The Kier molecular flexibility index (Phi) is 7.56. The quantitative estimate of drug-likeness (QED) is 0.449. The van der Waals surface area contributed by atoms with E-state index in [0.29, 0.717) is 25.6 Å². The number of hydrogen-bond acceptors (Lipinski definition) is 10. The zero-order valence-corrected chi connectivity index (χ0v) is 23.0. The SMILES string of the molecule is CCOC(=O)C1C2=C(NN1CCCN)c1nc(Nc3ccc(N4CCN(C)CC4)cc3)ncc1CC2(C)C. The molecule has 0 saturated carbocycles. The lowest BCUT2D eigenvalue weighted by molar-refractivity contribution is -0.148. The molecular weight excluding hydrogens is 480 g/mol. The van der Waals surface area contributed by atoms with Gasteiger partial charge in [-0.3, -0.25) is 0 Å². The van der Waals surface area contributed by atoms with E-state index in [4.69, 9.17) is 15.5 Å². The lowest BCUT2D eigenvalue weighted by Gasteiger charge is -2.34. The van der Waals surface area contributed by atoms with Crippen molar-refractivity contribution in [3.8, 4) is 0 Å². The molecule has 2 aliphatic heterocycles. The smallest absolute Gasteiger partial charge is 0.329 e. The van der Waals surface area contributed by atoms with Gasteiger partial charge in [-0.2, -0.15) is 0 Å². The van der Waals surface area contributed by atoms with Crippen molar-refractivity contribution < 1.29 is 9.53 Å². The van der Waals surface area contributed by atoms with E-state index in [0.717, 1.165) is 67.2 Å². The highest BCUT2D eigenvalue weighted by Gasteiger charge is 2.48. The molecule has 10 nitrogen and oxygen atoms in total. The van der Waals surface area contributed by atoms with Gasteiger partial charge >= 0.3 is 5.97 Å². The van der Waals surface area contributed by atoms with E-state index < -0.39 is 6.04 Å². The summed E-state index contributed by atoms with van der Waals surface area (Å²) < 4.78 is 5.49. The van der Waals surface area contributed by atoms with Crippen molar-refractivity contribution in [2.45, 2.75) is 39.7 Å². The number of ether oxygens (including phenoxy) is 1. The molecule has 5 rings (SSSR count). The molecule has 204 valence electrons. The minimum Gasteiger partial charge on any atom is -0.465 e. The average Bonchev–Trinajstić information content (AvgIpc) is 3.30. The van der Waals surface area contributed by atoms with Gasteiger partial charge in [-0.05, 0) is 74.2 Å². The van der Waals surface area contributed by atoms with Crippen LogP contribution in [0.5, 0.6) is 0 Å². The van der Waals surface area contributed by atoms with Crippen molar-refractivity contribution in [1.82, 2.24) is 25.3 Å². The average molecular weight is 521 g/mol. The lowest BCUT2D eigenvalue weighted by Crippen LogP contribution is -2.47. The summed E-state index contributed by atoms with van der Waals surface area (Å²) in [6.45, 7) is 11.9. The van der Waals surface area contributed by atoms with Gasteiger partial charge in [0.1, 0.15) is 0 Å². The van der Waals surface area contributed by atoms with Crippen LogP contribution in [0.1, 0.15) is 38.4 Å². The van der Waals surface area contributed by atoms with Gasteiger partial charge in [0, 0.05) is 50.3 Å². The molecule has 0 bridgehead atoms. The number of carbonyl (C=O) groups excluding carboxylic acids is 1.